The molecule has 2 bridgehead atoms. The van der Waals surface area contributed by atoms with Gasteiger partial charge in [-0.05, 0) is 39.5 Å². The Bertz CT molecular complexity index is 473. The van der Waals surface area contributed by atoms with Crippen molar-refractivity contribution < 1.29 is 13.2 Å². The zero-order valence-electron chi connectivity index (χ0n) is 13.4. The summed E-state index contributed by atoms with van der Waals surface area (Å²) in [5.41, 5.74) is 0.344. The summed E-state index contributed by atoms with van der Waals surface area (Å²) in [6, 6.07) is 0.390. The molecule has 0 N–H and O–H groups in total. The maximum Gasteiger partial charge on any atom is 0.211 e. The highest BCUT2D eigenvalue weighted by Crippen LogP contribution is 2.47. The Morgan fingerprint density at radius 2 is 1.76 bits per heavy atom. The molecule has 0 spiro atoms. The lowest BCUT2D eigenvalue weighted by Gasteiger charge is -2.40. The molecule has 1 aliphatic carbocycles. The Kier molecular flexibility index (Phi) is 4.10. The maximum atomic E-state index is 11.9. The molecule has 1 saturated carbocycles. The molecule has 3 aliphatic rings. The fourth-order valence-electron chi connectivity index (χ4n) is 3.96. The topological polar surface area (TPSA) is 49.9 Å². The van der Waals surface area contributed by atoms with Gasteiger partial charge in [0.15, 0.2) is 0 Å². The molecule has 122 valence electrons. The molecular weight excluding hydrogens is 288 g/mol. The third kappa shape index (κ3) is 3.44. The highest BCUT2D eigenvalue weighted by molar-refractivity contribution is 7.88. The van der Waals surface area contributed by atoms with Crippen LogP contribution in [0.3, 0.4) is 0 Å². The molecule has 0 aromatic rings. The summed E-state index contributed by atoms with van der Waals surface area (Å²) in [6.07, 6.45) is 6.18. The lowest BCUT2D eigenvalue weighted by atomic mass is 10.1. The number of hydrogen-bond donors (Lipinski definition) is 0. The minimum absolute atomic E-state index is 0.195. The fraction of sp³-hybridized carbons (Fsp3) is 1.00. The molecule has 6 heteroatoms. The van der Waals surface area contributed by atoms with Gasteiger partial charge in [-0.25, -0.2) is 8.42 Å². The van der Waals surface area contributed by atoms with Gasteiger partial charge >= 0.3 is 0 Å². The molecule has 0 aromatic carbocycles. The first kappa shape index (κ1) is 15.7. The Labute approximate surface area is 128 Å². The summed E-state index contributed by atoms with van der Waals surface area (Å²) >= 11 is 0. The number of likely N-dealkylation sites (tertiary alicyclic amines) is 1. The van der Waals surface area contributed by atoms with Crippen LogP contribution in [0, 0.1) is 5.41 Å². The van der Waals surface area contributed by atoms with E-state index in [2.05, 4.69) is 18.7 Å². The van der Waals surface area contributed by atoms with Crippen LogP contribution in [0.1, 0.15) is 39.5 Å². The summed E-state index contributed by atoms with van der Waals surface area (Å²) in [7, 11) is -3.05. The van der Waals surface area contributed by atoms with Crippen molar-refractivity contribution in [2.24, 2.45) is 5.41 Å². The zero-order valence-corrected chi connectivity index (χ0v) is 14.2. The van der Waals surface area contributed by atoms with E-state index < -0.39 is 10.0 Å². The molecule has 2 unspecified atom stereocenters. The monoisotopic (exact) mass is 316 g/mol. The van der Waals surface area contributed by atoms with Crippen molar-refractivity contribution in [2.45, 2.75) is 57.7 Å². The predicted molar refractivity (Wildman–Crippen MR) is 82.7 cm³/mol. The zero-order chi connectivity index (χ0) is 15.3. The molecule has 2 saturated heterocycles. The van der Waals surface area contributed by atoms with Gasteiger partial charge in [-0.3, -0.25) is 4.90 Å². The average Bonchev–Trinajstić information content (AvgIpc) is 3.06. The Balaban J connectivity index is 1.59. The summed E-state index contributed by atoms with van der Waals surface area (Å²) < 4.78 is 31.4. The normalized spacial score (nSPS) is 32.8. The Morgan fingerprint density at radius 1 is 1.19 bits per heavy atom. The van der Waals surface area contributed by atoms with Crippen molar-refractivity contribution >= 4 is 10.0 Å². The number of rotatable bonds is 6. The molecule has 2 heterocycles. The van der Waals surface area contributed by atoms with E-state index in [0.29, 0.717) is 11.5 Å². The summed E-state index contributed by atoms with van der Waals surface area (Å²) in [5.74, 6) is 0. The van der Waals surface area contributed by atoms with E-state index in [9.17, 15) is 8.42 Å². The van der Waals surface area contributed by atoms with Crippen LogP contribution in [0.4, 0.5) is 0 Å². The van der Waals surface area contributed by atoms with Crippen LogP contribution in [0.5, 0.6) is 0 Å². The van der Waals surface area contributed by atoms with Crippen LogP contribution >= 0.6 is 0 Å². The third-order valence-corrected chi connectivity index (χ3v) is 6.47. The predicted octanol–water partition coefficient (Wildman–Crippen LogP) is 1.30. The average molecular weight is 316 g/mol. The molecule has 2 atom stereocenters. The molecule has 0 amide bonds. The maximum absolute atomic E-state index is 11.9. The van der Waals surface area contributed by atoms with Gasteiger partial charge in [-0.15, -0.1) is 0 Å². The summed E-state index contributed by atoms with van der Waals surface area (Å²) in [6.45, 7) is 7.89. The standard InChI is InChI=1S/C15H28N2O3S/c1-12(2)20-11-15(6-7-15)10-16-8-13-4-5-14(9-16)17(13)21(3,18)19/h12-14H,4-11H2,1-3H3. The van der Waals surface area contributed by atoms with Gasteiger partial charge in [0.25, 0.3) is 0 Å². The lowest BCUT2D eigenvalue weighted by Crippen LogP contribution is -2.56. The number of ether oxygens (including phenoxy) is 1. The lowest BCUT2D eigenvalue weighted by molar-refractivity contribution is 0.0215. The molecule has 0 aromatic heterocycles. The molecule has 5 nitrogen and oxygen atoms in total. The second kappa shape index (κ2) is 5.48. The first-order chi connectivity index (χ1) is 9.79. The van der Waals surface area contributed by atoms with Gasteiger partial charge in [0, 0.05) is 37.1 Å². The van der Waals surface area contributed by atoms with Gasteiger partial charge in [0.1, 0.15) is 0 Å². The van der Waals surface area contributed by atoms with Crippen molar-refractivity contribution in [1.29, 1.82) is 0 Å². The van der Waals surface area contributed by atoms with Crippen LogP contribution in [-0.4, -0.2) is 68.3 Å². The first-order valence-electron chi connectivity index (χ1n) is 8.12. The van der Waals surface area contributed by atoms with Crippen molar-refractivity contribution in [2.75, 3.05) is 32.5 Å². The largest absolute Gasteiger partial charge is 0.378 e. The number of hydrogen-bond acceptors (Lipinski definition) is 4. The summed E-state index contributed by atoms with van der Waals surface area (Å²) in [4.78, 5) is 2.49. The number of sulfonamides is 1. The van der Waals surface area contributed by atoms with Gasteiger partial charge in [-0.1, -0.05) is 0 Å². The minimum Gasteiger partial charge on any atom is -0.378 e. The number of piperazine rings is 1. The SMILES string of the molecule is CC(C)OCC1(CN2CC3CCC(C2)N3S(C)(=O)=O)CC1. The van der Waals surface area contributed by atoms with Crippen LogP contribution in [0.25, 0.3) is 0 Å². The number of fused-ring (bicyclic) bond motifs is 2. The van der Waals surface area contributed by atoms with Crippen molar-refractivity contribution in [3.8, 4) is 0 Å². The van der Waals surface area contributed by atoms with E-state index in [0.717, 1.165) is 39.1 Å². The van der Waals surface area contributed by atoms with Crippen LogP contribution < -0.4 is 0 Å². The third-order valence-electron chi connectivity index (χ3n) is 5.11. The second-order valence-electron chi connectivity index (χ2n) is 7.53. The molecular formula is C15H28N2O3S. The van der Waals surface area contributed by atoms with Crippen molar-refractivity contribution in [3.05, 3.63) is 0 Å². The summed E-state index contributed by atoms with van der Waals surface area (Å²) in [5, 5.41) is 0. The van der Waals surface area contributed by atoms with Gasteiger partial charge in [0.2, 0.25) is 10.0 Å². The van der Waals surface area contributed by atoms with Crippen LogP contribution in [-0.2, 0) is 14.8 Å². The highest BCUT2D eigenvalue weighted by atomic mass is 32.2. The van der Waals surface area contributed by atoms with Crippen LogP contribution in [0.2, 0.25) is 0 Å². The molecule has 21 heavy (non-hydrogen) atoms. The van der Waals surface area contributed by atoms with Crippen molar-refractivity contribution in [3.63, 3.8) is 0 Å². The Morgan fingerprint density at radius 3 is 2.19 bits per heavy atom. The van der Waals surface area contributed by atoms with Gasteiger partial charge in [0.05, 0.1) is 19.0 Å². The highest BCUT2D eigenvalue weighted by Gasteiger charge is 2.49. The van der Waals surface area contributed by atoms with E-state index in [1.165, 1.54) is 19.1 Å². The van der Waals surface area contributed by atoms with E-state index in [1.807, 2.05) is 0 Å². The molecule has 2 aliphatic heterocycles. The van der Waals surface area contributed by atoms with Crippen molar-refractivity contribution in [1.82, 2.24) is 9.21 Å². The minimum atomic E-state index is -3.05. The van der Waals surface area contributed by atoms with Gasteiger partial charge in [-0.2, -0.15) is 4.31 Å². The molecule has 3 fully saturated rings. The molecule has 3 rings (SSSR count). The second-order valence-corrected chi connectivity index (χ2v) is 9.42. The molecule has 0 radical (unpaired) electrons. The van der Waals surface area contributed by atoms with E-state index in [1.54, 1.807) is 4.31 Å². The smallest absolute Gasteiger partial charge is 0.211 e. The fourth-order valence-corrected chi connectivity index (χ4v) is 5.39. The van der Waals surface area contributed by atoms with E-state index >= 15 is 0 Å². The Hall–Kier alpha value is -0.170. The first-order valence-corrected chi connectivity index (χ1v) is 9.96. The van der Waals surface area contributed by atoms with E-state index in [4.69, 9.17) is 4.74 Å². The van der Waals surface area contributed by atoms with Gasteiger partial charge < -0.3 is 4.74 Å². The number of nitrogens with zero attached hydrogens (tertiary/aromatic N) is 2. The van der Waals surface area contributed by atoms with E-state index in [-0.39, 0.29) is 12.1 Å². The quantitative estimate of drug-likeness (QED) is 0.741. The van der Waals surface area contributed by atoms with Crippen LogP contribution in [0.15, 0.2) is 0 Å².